The summed E-state index contributed by atoms with van der Waals surface area (Å²) in [7, 11) is 0. The standard InChI is InChI=1S/C12H18OS/c1-2-3-4-5-6-8-11(13)12-9-7-10-14-12/h7,9-10H,2-6,8H2,1H3. The molecule has 0 aliphatic heterocycles. The van der Waals surface area contributed by atoms with Gasteiger partial charge in [-0.05, 0) is 17.9 Å². The summed E-state index contributed by atoms with van der Waals surface area (Å²) in [5.41, 5.74) is 0. The maximum atomic E-state index is 11.5. The first-order valence-corrected chi connectivity index (χ1v) is 6.29. The van der Waals surface area contributed by atoms with Crippen LogP contribution >= 0.6 is 11.3 Å². The zero-order chi connectivity index (χ0) is 10.2. The molecule has 0 saturated carbocycles. The van der Waals surface area contributed by atoms with Crippen molar-refractivity contribution in [3.05, 3.63) is 22.4 Å². The van der Waals surface area contributed by atoms with Crippen molar-refractivity contribution in [1.29, 1.82) is 0 Å². The molecule has 0 spiro atoms. The third-order valence-corrected chi connectivity index (χ3v) is 3.21. The van der Waals surface area contributed by atoms with E-state index < -0.39 is 0 Å². The first-order chi connectivity index (χ1) is 6.84. The fourth-order valence-corrected chi connectivity index (χ4v) is 2.14. The van der Waals surface area contributed by atoms with Crippen LogP contribution in [0, 0.1) is 0 Å². The lowest BCUT2D eigenvalue weighted by atomic mass is 10.1. The van der Waals surface area contributed by atoms with E-state index >= 15 is 0 Å². The van der Waals surface area contributed by atoms with Gasteiger partial charge in [0.1, 0.15) is 0 Å². The molecule has 0 fully saturated rings. The number of rotatable bonds is 7. The molecule has 0 saturated heterocycles. The van der Waals surface area contributed by atoms with Crippen LogP contribution in [-0.2, 0) is 0 Å². The van der Waals surface area contributed by atoms with Crippen LogP contribution in [0.4, 0.5) is 0 Å². The summed E-state index contributed by atoms with van der Waals surface area (Å²) in [5.74, 6) is 0.316. The van der Waals surface area contributed by atoms with E-state index in [1.165, 1.54) is 25.7 Å². The Labute approximate surface area is 90.2 Å². The molecule has 0 N–H and O–H groups in total. The first-order valence-electron chi connectivity index (χ1n) is 5.41. The predicted molar refractivity (Wildman–Crippen MR) is 62.0 cm³/mol. The lowest BCUT2D eigenvalue weighted by molar-refractivity contribution is 0.0983. The Morgan fingerprint density at radius 2 is 2.07 bits per heavy atom. The quantitative estimate of drug-likeness (QED) is 0.484. The summed E-state index contributed by atoms with van der Waals surface area (Å²) in [4.78, 5) is 12.5. The van der Waals surface area contributed by atoms with Gasteiger partial charge in [-0.2, -0.15) is 0 Å². The zero-order valence-corrected chi connectivity index (χ0v) is 9.61. The smallest absolute Gasteiger partial charge is 0.172 e. The third kappa shape index (κ3) is 4.05. The second kappa shape index (κ2) is 6.77. The number of carbonyl (C=O) groups excluding carboxylic acids is 1. The summed E-state index contributed by atoms with van der Waals surface area (Å²) in [6.07, 6.45) is 6.81. The number of hydrogen-bond acceptors (Lipinski definition) is 2. The van der Waals surface area contributed by atoms with E-state index in [1.54, 1.807) is 11.3 Å². The maximum Gasteiger partial charge on any atom is 0.172 e. The van der Waals surface area contributed by atoms with E-state index in [-0.39, 0.29) is 0 Å². The predicted octanol–water partition coefficient (Wildman–Crippen LogP) is 4.29. The van der Waals surface area contributed by atoms with Gasteiger partial charge in [0.2, 0.25) is 0 Å². The number of carbonyl (C=O) groups is 1. The number of thiophene rings is 1. The molecule has 2 heteroatoms. The molecule has 0 aliphatic rings. The third-order valence-electron chi connectivity index (χ3n) is 2.30. The Kier molecular flexibility index (Phi) is 5.53. The van der Waals surface area contributed by atoms with Crippen molar-refractivity contribution in [1.82, 2.24) is 0 Å². The van der Waals surface area contributed by atoms with Crippen molar-refractivity contribution >= 4 is 17.1 Å². The molecule has 78 valence electrons. The van der Waals surface area contributed by atoms with Gasteiger partial charge in [0.05, 0.1) is 4.88 Å². The molecule has 0 aromatic carbocycles. The molecule has 1 rings (SSSR count). The molecule has 0 unspecified atom stereocenters. The lowest BCUT2D eigenvalue weighted by Gasteiger charge is -1.98. The van der Waals surface area contributed by atoms with Crippen LogP contribution in [0.1, 0.15) is 55.1 Å². The minimum atomic E-state index is 0.316. The molecule has 0 radical (unpaired) electrons. The van der Waals surface area contributed by atoms with Crippen molar-refractivity contribution < 1.29 is 4.79 Å². The van der Waals surface area contributed by atoms with Gasteiger partial charge in [-0.25, -0.2) is 0 Å². The van der Waals surface area contributed by atoms with Crippen LogP contribution in [0.3, 0.4) is 0 Å². The molecule has 0 aliphatic carbocycles. The van der Waals surface area contributed by atoms with Gasteiger partial charge in [-0.15, -0.1) is 11.3 Å². The average molecular weight is 210 g/mol. The average Bonchev–Trinajstić information content (AvgIpc) is 2.70. The number of unbranched alkanes of at least 4 members (excludes halogenated alkanes) is 4. The Morgan fingerprint density at radius 3 is 2.71 bits per heavy atom. The monoisotopic (exact) mass is 210 g/mol. The summed E-state index contributed by atoms with van der Waals surface area (Å²) in [5, 5.41) is 1.96. The largest absolute Gasteiger partial charge is 0.293 e. The van der Waals surface area contributed by atoms with Crippen molar-refractivity contribution in [3.63, 3.8) is 0 Å². The molecule has 1 aromatic heterocycles. The minimum Gasteiger partial charge on any atom is -0.293 e. The summed E-state index contributed by atoms with van der Waals surface area (Å²) in [6, 6.07) is 3.86. The summed E-state index contributed by atoms with van der Waals surface area (Å²) < 4.78 is 0. The van der Waals surface area contributed by atoms with Gasteiger partial charge in [-0.3, -0.25) is 4.79 Å². The van der Waals surface area contributed by atoms with Crippen LogP contribution in [0.5, 0.6) is 0 Å². The Bertz CT molecular complexity index is 251. The van der Waals surface area contributed by atoms with Crippen molar-refractivity contribution in [3.8, 4) is 0 Å². The highest BCUT2D eigenvalue weighted by atomic mass is 32.1. The van der Waals surface area contributed by atoms with Gasteiger partial charge in [0.15, 0.2) is 5.78 Å². The highest BCUT2D eigenvalue weighted by Crippen LogP contribution is 2.14. The van der Waals surface area contributed by atoms with E-state index in [1.807, 2.05) is 17.5 Å². The minimum absolute atomic E-state index is 0.316. The highest BCUT2D eigenvalue weighted by molar-refractivity contribution is 7.12. The molecule has 1 heterocycles. The summed E-state index contributed by atoms with van der Waals surface area (Å²) >= 11 is 1.55. The summed E-state index contributed by atoms with van der Waals surface area (Å²) in [6.45, 7) is 2.21. The number of hydrogen-bond donors (Lipinski definition) is 0. The molecule has 0 amide bonds. The van der Waals surface area contributed by atoms with Crippen molar-refractivity contribution in [2.24, 2.45) is 0 Å². The fourth-order valence-electron chi connectivity index (χ4n) is 1.45. The molecule has 0 atom stereocenters. The van der Waals surface area contributed by atoms with E-state index in [0.29, 0.717) is 5.78 Å². The van der Waals surface area contributed by atoms with Crippen LogP contribution in [-0.4, -0.2) is 5.78 Å². The van der Waals surface area contributed by atoms with Crippen LogP contribution < -0.4 is 0 Å². The molecule has 14 heavy (non-hydrogen) atoms. The second-order valence-electron chi connectivity index (χ2n) is 3.56. The Balaban J connectivity index is 2.10. The van der Waals surface area contributed by atoms with Crippen molar-refractivity contribution in [2.75, 3.05) is 0 Å². The number of Topliss-reactive ketones (excluding diaryl/α,β-unsaturated/α-hetero) is 1. The van der Waals surface area contributed by atoms with E-state index in [2.05, 4.69) is 6.92 Å². The Hall–Kier alpha value is -0.630. The van der Waals surface area contributed by atoms with E-state index in [4.69, 9.17) is 0 Å². The molecular weight excluding hydrogens is 192 g/mol. The number of ketones is 1. The van der Waals surface area contributed by atoms with Crippen molar-refractivity contribution in [2.45, 2.75) is 45.4 Å². The maximum absolute atomic E-state index is 11.5. The topological polar surface area (TPSA) is 17.1 Å². The van der Waals surface area contributed by atoms with Gasteiger partial charge in [0, 0.05) is 6.42 Å². The second-order valence-corrected chi connectivity index (χ2v) is 4.51. The fraction of sp³-hybridized carbons (Fsp3) is 0.583. The molecule has 0 bridgehead atoms. The molecule has 1 nitrogen and oxygen atoms in total. The van der Waals surface area contributed by atoms with Gasteiger partial charge in [-0.1, -0.05) is 38.7 Å². The zero-order valence-electron chi connectivity index (χ0n) is 8.79. The van der Waals surface area contributed by atoms with E-state index in [9.17, 15) is 4.79 Å². The van der Waals surface area contributed by atoms with Gasteiger partial charge >= 0.3 is 0 Å². The molecular formula is C12H18OS. The molecule has 1 aromatic rings. The van der Waals surface area contributed by atoms with Crippen LogP contribution in [0.25, 0.3) is 0 Å². The van der Waals surface area contributed by atoms with Gasteiger partial charge < -0.3 is 0 Å². The first kappa shape index (κ1) is 11.4. The highest BCUT2D eigenvalue weighted by Gasteiger charge is 2.05. The van der Waals surface area contributed by atoms with Crippen LogP contribution in [0.15, 0.2) is 17.5 Å². The van der Waals surface area contributed by atoms with Crippen LogP contribution in [0.2, 0.25) is 0 Å². The lowest BCUT2D eigenvalue weighted by Crippen LogP contribution is -1.95. The normalized spacial score (nSPS) is 10.4. The Morgan fingerprint density at radius 1 is 1.29 bits per heavy atom. The van der Waals surface area contributed by atoms with E-state index in [0.717, 1.165) is 17.7 Å². The van der Waals surface area contributed by atoms with Gasteiger partial charge in [0.25, 0.3) is 0 Å². The SMILES string of the molecule is CCCCCCCC(=O)c1cccs1.